The smallest absolute Gasteiger partial charge is 0.00571 e. The van der Waals surface area contributed by atoms with Crippen LogP contribution in [0.5, 0.6) is 0 Å². The van der Waals surface area contributed by atoms with Crippen LogP contribution in [0.1, 0.15) is 73.1 Å². The number of hydrogen-bond donors (Lipinski definition) is 0. The number of rotatable bonds is 8. The molecule has 0 spiro atoms. The third kappa shape index (κ3) is 11.7. The second-order valence-corrected chi connectivity index (χ2v) is 6.58. The van der Waals surface area contributed by atoms with Crippen LogP contribution in [0.25, 0.3) is 0 Å². The summed E-state index contributed by atoms with van der Waals surface area (Å²) < 4.78 is 0. The molecule has 0 rings (SSSR count). The van der Waals surface area contributed by atoms with Crippen LogP contribution in [0, 0.1) is 11.3 Å². The zero-order valence-corrected chi connectivity index (χ0v) is 12.7. The Bertz CT molecular complexity index is 227. The van der Waals surface area contributed by atoms with E-state index in [-0.39, 0.29) is 0 Å². The van der Waals surface area contributed by atoms with Gasteiger partial charge in [0.2, 0.25) is 0 Å². The first kappa shape index (κ1) is 16.5. The maximum absolute atomic E-state index is 3.97. The molecule has 0 aliphatic carbocycles. The molecule has 0 saturated carbocycles. The first-order chi connectivity index (χ1) is 7.83. The Balaban J connectivity index is 3.38. The third-order valence-electron chi connectivity index (χ3n) is 3.25. The molecule has 0 aromatic rings. The summed E-state index contributed by atoms with van der Waals surface area (Å²) in [6.07, 6.45) is 12.7. The van der Waals surface area contributed by atoms with E-state index in [1.165, 1.54) is 44.1 Å². The Kier molecular flexibility index (Phi) is 8.29. The minimum Gasteiger partial charge on any atom is -0.0996 e. The Morgan fingerprint density at radius 1 is 1.12 bits per heavy atom. The highest BCUT2D eigenvalue weighted by atomic mass is 14.1. The standard InChI is InChI=1S/C17H32/c1-15(2)16(3)13-11-9-7-8-10-12-14-17(4,5)6/h11,13,16H,1,7-10,12,14H2,2-6H3. The molecular formula is C17H32. The van der Waals surface area contributed by atoms with Crippen LogP contribution in [0.2, 0.25) is 0 Å². The Hall–Kier alpha value is -0.520. The van der Waals surface area contributed by atoms with Crippen LogP contribution in [-0.2, 0) is 0 Å². The number of allylic oxidation sites excluding steroid dienone is 3. The molecule has 0 heterocycles. The van der Waals surface area contributed by atoms with E-state index in [9.17, 15) is 0 Å². The fraction of sp³-hybridized carbons (Fsp3) is 0.765. The van der Waals surface area contributed by atoms with Crippen molar-refractivity contribution < 1.29 is 0 Å². The Labute approximate surface area is 109 Å². The molecule has 0 bridgehead atoms. The molecule has 0 radical (unpaired) electrons. The van der Waals surface area contributed by atoms with Gasteiger partial charge >= 0.3 is 0 Å². The summed E-state index contributed by atoms with van der Waals surface area (Å²) >= 11 is 0. The Morgan fingerprint density at radius 3 is 2.24 bits per heavy atom. The van der Waals surface area contributed by atoms with Gasteiger partial charge in [0, 0.05) is 0 Å². The van der Waals surface area contributed by atoms with Gasteiger partial charge in [-0.15, -0.1) is 0 Å². The van der Waals surface area contributed by atoms with Gasteiger partial charge in [-0.25, -0.2) is 0 Å². The summed E-state index contributed by atoms with van der Waals surface area (Å²) in [5, 5.41) is 0. The van der Waals surface area contributed by atoms with E-state index >= 15 is 0 Å². The summed E-state index contributed by atoms with van der Waals surface area (Å²) in [6, 6.07) is 0. The van der Waals surface area contributed by atoms with Crippen molar-refractivity contribution in [1.29, 1.82) is 0 Å². The van der Waals surface area contributed by atoms with Crippen LogP contribution in [0.15, 0.2) is 24.3 Å². The van der Waals surface area contributed by atoms with Crippen molar-refractivity contribution in [2.75, 3.05) is 0 Å². The molecule has 0 fully saturated rings. The van der Waals surface area contributed by atoms with Crippen molar-refractivity contribution in [1.82, 2.24) is 0 Å². The highest BCUT2D eigenvalue weighted by molar-refractivity contribution is 5.04. The number of unbranched alkanes of at least 4 members (excludes halogenated alkanes) is 4. The third-order valence-corrected chi connectivity index (χ3v) is 3.25. The summed E-state index contributed by atoms with van der Waals surface area (Å²) in [4.78, 5) is 0. The molecule has 0 heteroatoms. The number of hydrogen-bond acceptors (Lipinski definition) is 0. The van der Waals surface area contributed by atoms with Crippen molar-refractivity contribution in [2.24, 2.45) is 11.3 Å². The largest absolute Gasteiger partial charge is 0.0996 e. The molecule has 0 amide bonds. The molecule has 0 nitrogen and oxygen atoms in total. The van der Waals surface area contributed by atoms with Gasteiger partial charge in [-0.2, -0.15) is 0 Å². The van der Waals surface area contributed by atoms with Crippen molar-refractivity contribution in [3.05, 3.63) is 24.3 Å². The molecule has 0 saturated heterocycles. The SMILES string of the molecule is C=C(C)C(C)C=CCCCCCCC(C)(C)C. The molecule has 1 unspecified atom stereocenters. The van der Waals surface area contributed by atoms with Gasteiger partial charge in [0.1, 0.15) is 0 Å². The topological polar surface area (TPSA) is 0 Å². The average Bonchev–Trinajstić information content (AvgIpc) is 2.19. The molecule has 0 aliphatic rings. The average molecular weight is 236 g/mol. The van der Waals surface area contributed by atoms with Gasteiger partial charge in [-0.3, -0.25) is 0 Å². The lowest BCUT2D eigenvalue weighted by Crippen LogP contribution is -2.03. The van der Waals surface area contributed by atoms with E-state index in [2.05, 4.69) is 53.3 Å². The van der Waals surface area contributed by atoms with Crippen molar-refractivity contribution in [3.63, 3.8) is 0 Å². The lowest BCUT2D eigenvalue weighted by molar-refractivity contribution is 0.357. The zero-order valence-electron chi connectivity index (χ0n) is 12.7. The molecule has 0 N–H and O–H groups in total. The van der Waals surface area contributed by atoms with Gasteiger partial charge < -0.3 is 0 Å². The van der Waals surface area contributed by atoms with Gasteiger partial charge in [-0.05, 0) is 37.5 Å². The van der Waals surface area contributed by atoms with Crippen molar-refractivity contribution in [3.8, 4) is 0 Å². The highest BCUT2D eigenvalue weighted by Gasteiger charge is 2.08. The second kappa shape index (κ2) is 8.55. The molecule has 0 aromatic heterocycles. The molecule has 0 aliphatic heterocycles. The molecule has 100 valence electrons. The zero-order chi connectivity index (χ0) is 13.3. The minimum absolute atomic E-state index is 0.511. The van der Waals surface area contributed by atoms with E-state index < -0.39 is 0 Å². The van der Waals surface area contributed by atoms with Gasteiger partial charge in [0.25, 0.3) is 0 Å². The van der Waals surface area contributed by atoms with Gasteiger partial charge in [0.05, 0.1) is 0 Å². The maximum atomic E-state index is 3.97. The van der Waals surface area contributed by atoms with E-state index in [0.29, 0.717) is 11.3 Å². The van der Waals surface area contributed by atoms with Crippen molar-refractivity contribution in [2.45, 2.75) is 73.1 Å². The lowest BCUT2D eigenvalue weighted by Gasteiger charge is -2.17. The Morgan fingerprint density at radius 2 is 1.71 bits per heavy atom. The summed E-state index contributed by atoms with van der Waals surface area (Å²) in [5.74, 6) is 0.538. The molecule has 1 atom stereocenters. The maximum Gasteiger partial charge on any atom is -0.00571 e. The fourth-order valence-electron chi connectivity index (χ4n) is 1.74. The normalized spacial score (nSPS) is 14.2. The monoisotopic (exact) mass is 236 g/mol. The highest BCUT2D eigenvalue weighted by Crippen LogP contribution is 2.22. The van der Waals surface area contributed by atoms with Crippen molar-refractivity contribution >= 4 is 0 Å². The molecule has 17 heavy (non-hydrogen) atoms. The molecule has 0 aromatic carbocycles. The van der Waals surface area contributed by atoms with Crippen LogP contribution in [0.4, 0.5) is 0 Å². The van der Waals surface area contributed by atoms with E-state index in [0.717, 1.165) is 0 Å². The van der Waals surface area contributed by atoms with Crippen LogP contribution in [-0.4, -0.2) is 0 Å². The quantitative estimate of drug-likeness (QED) is 0.350. The predicted molar refractivity (Wildman–Crippen MR) is 80.3 cm³/mol. The summed E-state index contributed by atoms with van der Waals surface area (Å²) in [7, 11) is 0. The molecular weight excluding hydrogens is 204 g/mol. The van der Waals surface area contributed by atoms with Gasteiger partial charge in [-0.1, -0.05) is 71.3 Å². The second-order valence-electron chi connectivity index (χ2n) is 6.58. The lowest BCUT2D eigenvalue weighted by atomic mass is 9.89. The first-order valence-electron chi connectivity index (χ1n) is 7.15. The van der Waals surface area contributed by atoms with Crippen LogP contribution in [0.3, 0.4) is 0 Å². The fourth-order valence-corrected chi connectivity index (χ4v) is 1.74. The van der Waals surface area contributed by atoms with Crippen LogP contribution < -0.4 is 0 Å². The van der Waals surface area contributed by atoms with Gasteiger partial charge in [0.15, 0.2) is 0 Å². The summed E-state index contributed by atoms with van der Waals surface area (Å²) in [5.41, 5.74) is 1.77. The van der Waals surface area contributed by atoms with E-state index in [1.54, 1.807) is 0 Å². The first-order valence-corrected chi connectivity index (χ1v) is 7.15. The minimum atomic E-state index is 0.511. The summed E-state index contributed by atoms with van der Waals surface area (Å²) in [6.45, 7) is 15.3. The van der Waals surface area contributed by atoms with E-state index in [4.69, 9.17) is 0 Å². The predicted octanol–water partition coefficient (Wildman–Crippen LogP) is 6.14. The van der Waals surface area contributed by atoms with E-state index in [1.807, 2.05) is 0 Å². The van der Waals surface area contributed by atoms with Crippen LogP contribution >= 0.6 is 0 Å².